The summed E-state index contributed by atoms with van der Waals surface area (Å²) >= 11 is 0. The molecule has 1 saturated heterocycles. The van der Waals surface area contributed by atoms with Crippen LogP contribution in [0.1, 0.15) is 38.4 Å². The Balaban J connectivity index is 1.71. The summed E-state index contributed by atoms with van der Waals surface area (Å²) in [6.45, 7) is 5.13. The van der Waals surface area contributed by atoms with Gasteiger partial charge in [-0.05, 0) is 42.5 Å². The Kier molecular flexibility index (Phi) is 5.78. The maximum atomic E-state index is 11.6. The van der Waals surface area contributed by atoms with Crippen molar-refractivity contribution in [2.24, 2.45) is 11.3 Å². The molecule has 5 rings (SSSR count). The number of aliphatic hydroxyl groups excluding tert-OH is 1. The number of nitro groups is 1. The third-order valence-corrected chi connectivity index (χ3v) is 7.36. The van der Waals surface area contributed by atoms with Crippen molar-refractivity contribution < 1.29 is 10.0 Å². The van der Waals surface area contributed by atoms with Gasteiger partial charge in [-0.2, -0.15) is 0 Å². The van der Waals surface area contributed by atoms with Crippen LogP contribution in [0.15, 0.2) is 84.9 Å². The second-order valence-electron chi connectivity index (χ2n) is 10.3. The Bertz CT molecular complexity index is 1150. The van der Waals surface area contributed by atoms with E-state index in [1.54, 1.807) is 18.2 Å². The van der Waals surface area contributed by atoms with E-state index in [9.17, 15) is 15.2 Å². The predicted molar refractivity (Wildman–Crippen MR) is 135 cm³/mol. The number of hydrogen-bond donors (Lipinski definition) is 1. The molecule has 0 bridgehead atoms. The number of aliphatic hydroxyl groups is 1. The molecule has 34 heavy (non-hydrogen) atoms. The fourth-order valence-electron chi connectivity index (χ4n) is 5.92. The summed E-state index contributed by atoms with van der Waals surface area (Å²) in [5.74, 6) is 0.0587. The summed E-state index contributed by atoms with van der Waals surface area (Å²) < 4.78 is 0. The first-order chi connectivity index (χ1) is 16.3. The normalized spacial score (nSPS) is 26.1. The molecule has 0 amide bonds. The van der Waals surface area contributed by atoms with Crippen LogP contribution in [-0.2, 0) is 0 Å². The first kappa shape index (κ1) is 22.4. The minimum atomic E-state index is -0.419. The Morgan fingerprint density at radius 1 is 0.912 bits per heavy atom. The van der Waals surface area contributed by atoms with Gasteiger partial charge in [0.2, 0.25) is 0 Å². The lowest BCUT2D eigenvalue weighted by atomic mass is 9.66. The van der Waals surface area contributed by atoms with E-state index in [4.69, 9.17) is 0 Å². The molecule has 0 radical (unpaired) electrons. The lowest BCUT2D eigenvalue weighted by molar-refractivity contribution is -0.384. The van der Waals surface area contributed by atoms with Crippen molar-refractivity contribution in [1.29, 1.82) is 0 Å². The second-order valence-corrected chi connectivity index (χ2v) is 10.3. The van der Waals surface area contributed by atoms with Crippen LogP contribution in [0.4, 0.5) is 17.1 Å². The number of nitro benzene ring substituents is 1. The van der Waals surface area contributed by atoms with Crippen molar-refractivity contribution in [2.75, 3.05) is 16.3 Å². The van der Waals surface area contributed by atoms with E-state index in [1.807, 2.05) is 42.5 Å². The lowest BCUT2D eigenvalue weighted by Gasteiger charge is -2.59. The molecule has 1 aliphatic heterocycles. The van der Waals surface area contributed by atoms with Crippen LogP contribution in [0.3, 0.4) is 0 Å². The standard InChI is InChI=1S/C28H31N3O3/c1-28(2)17-25-24(26(32)18-28)19-29(21-11-5-3-6-12-21)27(30(25)22-13-7-4-8-14-22)20-10-9-15-23(16-20)31(33)34/h3-16,24-27,32H,17-19H2,1-2H3. The summed E-state index contributed by atoms with van der Waals surface area (Å²) in [4.78, 5) is 16.0. The number of rotatable bonds is 4. The van der Waals surface area contributed by atoms with Crippen molar-refractivity contribution in [1.82, 2.24) is 0 Å². The SMILES string of the molecule is CC1(C)CC(O)C2CN(c3ccccc3)C(c3cccc([N+](=O)[O-])c3)N(c3ccccc3)C2C1. The van der Waals surface area contributed by atoms with Gasteiger partial charge in [-0.3, -0.25) is 10.1 Å². The third kappa shape index (κ3) is 4.14. The number of anilines is 2. The fraction of sp³-hybridized carbons (Fsp3) is 0.357. The highest BCUT2D eigenvalue weighted by Gasteiger charge is 2.50. The molecular formula is C28H31N3O3. The molecule has 176 valence electrons. The van der Waals surface area contributed by atoms with Crippen molar-refractivity contribution in [3.05, 3.63) is 101 Å². The minimum Gasteiger partial charge on any atom is -0.393 e. The van der Waals surface area contributed by atoms with Gasteiger partial charge in [-0.25, -0.2) is 0 Å². The molecule has 2 fully saturated rings. The molecule has 6 nitrogen and oxygen atoms in total. The van der Waals surface area contributed by atoms with Crippen molar-refractivity contribution >= 4 is 17.1 Å². The molecule has 3 aromatic carbocycles. The average Bonchev–Trinajstić information content (AvgIpc) is 2.83. The highest BCUT2D eigenvalue weighted by Crippen LogP contribution is 2.49. The van der Waals surface area contributed by atoms with Crippen molar-refractivity contribution in [3.63, 3.8) is 0 Å². The smallest absolute Gasteiger partial charge is 0.269 e. The molecular weight excluding hydrogens is 426 g/mol. The summed E-state index contributed by atoms with van der Waals surface area (Å²) in [6.07, 6.45) is 1.04. The zero-order chi connectivity index (χ0) is 23.9. The minimum absolute atomic E-state index is 0.00420. The van der Waals surface area contributed by atoms with Gasteiger partial charge in [0.15, 0.2) is 0 Å². The molecule has 1 N–H and O–H groups in total. The number of non-ortho nitro benzene ring substituents is 1. The number of benzene rings is 3. The zero-order valence-electron chi connectivity index (χ0n) is 19.6. The number of para-hydroxylation sites is 2. The lowest BCUT2D eigenvalue weighted by Crippen LogP contribution is -2.63. The van der Waals surface area contributed by atoms with Crippen LogP contribution in [0, 0.1) is 21.4 Å². The highest BCUT2D eigenvalue weighted by atomic mass is 16.6. The zero-order valence-corrected chi connectivity index (χ0v) is 19.6. The monoisotopic (exact) mass is 457 g/mol. The molecule has 0 aromatic heterocycles. The van der Waals surface area contributed by atoms with Gasteiger partial charge in [-0.15, -0.1) is 0 Å². The van der Waals surface area contributed by atoms with E-state index in [0.717, 1.165) is 29.8 Å². The van der Waals surface area contributed by atoms with Crippen LogP contribution in [0.25, 0.3) is 0 Å². The van der Waals surface area contributed by atoms with Crippen LogP contribution in [0.2, 0.25) is 0 Å². The number of fused-ring (bicyclic) bond motifs is 1. The quantitative estimate of drug-likeness (QED) is 0.397. The molecule has 6 heteroatoms. The van der Waals surface area contributed by atoms with Crippen molar-refractivity contribution in [3.8, 4) is 0 Å². The van der Waals surface area contributed by atoms with E-state index in [2.05, 4.69) is 47.9 Å². The maximum absolute atomic E-state index is 11.6. The fourth-order valence-corrected chi connectivity index (χ4v) is 5.92. The molecule has 4 unspecified atom stereocenters. The summed E-state index contributed by atoms with van der Waals surface area (Å²) in [6, 6.07) is 27.5. The maximum Gasteiger partial charge on any atom is 0.269 e. The summed E-state index contributed by atoms with van der Waals surface area (Å²) in [7, 11) is 0. The highest BCUT2D eigenvalue weighted by molar-refractivity contribution is 5.59. The second kappa shape index (κ2) is 8.76. The third-order valence-electron chi connectivity index (χ3n) is 7.36. The molecule has 4 atom stereocenters. The predicted octanol–water partition coefficient (Wildman–Crippen LogP) is 5.79. The van der Waals surface area contributed by atoms with Gasteiger partial charge in [0, 0.05) is 47.6 Å². The number of nitrogens with zero attached hydrogens (tertiary/aromatic N) is 3. The first-order valence-corrected chi connectivity index (χ1v) is 11.9. The van der Waals surface area contributed by atoms with Crippen LogP contribution >= 0.6 is 0 Å². The van der Waals surface area contributed by atoms with Gasteiger partial charge in [0.25, 0.3) is 5.69 Å². The van der Waals surface area contributed by atoms with Gasteiger partial charge < -0.3 is 14.9 Å². The van der Waals surface area contributed by atoms with E-state index in [1.165, 1.54) is 0 Å². The Morgan fingerprint density at radius 3 is 2.21 bits per heavy atom. The number of hydrogen-bond acceptors (Lipinski definition) is 5. The molecule has 3 aromatic rings. The van der Waals surface area contributed by atoms with Gasteiger partial charge in [0.1, 0.15) is 6.17 Å². The van der Waals surface area contributed by atoms with E-state index in [0.29, 0.717) is 6.54 Å². The van der Waals surface area contributed by atoms with E-state index in [-0.39, 0.29) is 34.2 Å². The largest absolute Gasteiger partial charge is 0.393 e. The Hall–Kier alpha value is -3.38. The van der Waals surface area contributed by atoms with Crippen LogP contribution in [-0.4, -0.2) is 28.7 Å². The molecule has 0 spiro atoms. The molecule has 1 aliphatic carbocycles. The van der Waals surface area contributed by atoms with Crippen LogP contribution in [0.5, 0.6) is 0 Å². The van der Waals surface area contributed by atoms with Gasteiger partial charge >= 0.3 is 0 Å². The summed E-state index contributed by atoms with van der Waals surface area (Å²) in [5, 5.41) is 22.9. The Morgan fingerprint density at radius 2 is 1.56 bits per heavy atom. The van der Waals surface area contributed by atoms with Crippen LogP contribution < -0.4 is 9.80 Å². The molecule has 2 aliphatic rings. The van der Waals surface area contributed by atoms with E-state index < -0.39 is 6.10 Å². The van der Waals surface area contributed by atoms with Gasteiger partial charge in [0.05, 0.1) is 11.0 Å². The topological polar surface area (TPSA) is 69.8 Å². The van der Waals surface area contributed by atoms with E-state index >= 15 is 0 Å². The Labute approximate surface area is 200 Å². The summed E-state index contributed by atoms with van der Waals surface area (Å²) in [5.41, 5.74) is 3.05. The first-order valence-electron chi connectivity index (χ1n) is 11.9. The average molecular weight is 458 g/mol. The molecule has 1 saturated carbocycles. The van der Waals surface area contributed by atoms with Crippen molar-refractivity contribution in [2.45, 2.75) is 45.0 Å². The molecule has 1 heterocycles. The van der Waals surface area contributed by atoms with Gasteiger partial charge in [-0.1, -0.05) is 62.4 Å².